The van der Waals surface area contributed by atoms with E-state index in [9.17, 15) is 31.1 Å². The number of hydrogen-bond donors (Lipinski definition) is 0. The van der Waals surface area contributed by atoms with Crippen LogP contribution in [-0.4, -0.2) is 5.78 Å². The zero-order valence-corrected chi connectivity index (χ0v) is 16.0. The Morgan fingerprint density at radius 2 is 1.08 bits per heavy atom. The van der Waals surface area contributed by atoms with Gasteiger partial charge in [-0.05, 0) is 35.4 Å². The molecule has 0 saturated carbocycles. The standard InChI is InChI=1S/C17H10Br2F6O/c18-7-9-5-11(16(20,21)22)1-3-13(9)15(26)14-4-2-12(17(23,24)25)6-10(14)8-19/h1-6H,7-8H2. The Morgan fingerprint density at radius 1 is 0.731 bits per heavy atom. The smallest absolute Gasteiger partial charge is 0.289 e. The summed E-state index contributed by atoms with van der Waals surface area (Å²) in [5, 5.41) is -0.0233. The maximum Gasteiger partial charge on any atom is 0.416 e. The lowest BCUT2D eigenvalue weighted by Gasteiger charge is -2.14. The fourth-order valence-electron chi connectivity index (χ4n) is 2.35. The summed E-state index contributed by atoms with van der Waals surface area (Å²) < 4.78 is 76.9. The summed E-state index contributed by atoms with van der Waals surface area (Å²) in [4.78, 5) is 12.7. The molecule has 0 amide bonds. The number of carbonyl (C=O) groups excluding carboxylic acids is 1. The lowest BCUT2D eigenvalue weighted by Crippen LogP contribution is -2.12. The molecule has 0 aromatic heterocycles. The van der Waals surface area contributed by atoms with Crippen molar-refractivity contribution in [3.05, 3.63) is 69.8 Å². The summed E-state index contributed by atoms with van der Waals surface area (Å²) >= 11 is 6.09. The summed E-state index contributed by atoms with van der Waals surface area (Å²) in [6.45, 7) is 0. The van der Waals surface area contributed by atoms with Crippen molar-refractivity contribution in [2.45, 2.75) is 23.0 Å². The van der Waals surface area contributed by atoms with Gasteiger partial charge in [0.25, 0.3) is 0 Å². The molecule has 0 fully saturated rings. The van der Waals surface area contributed by atoms with Crippen molar-refractivity contribution in [2.75, 3.05) is 0 Å². The van der Waals surface area contributed by atoms with Gasteiger partial charge in [-0.3, -0.25) is 4.79 Å². The molecule has 1 nitrogen and oxygen atoms in total. The van der Waals surface area contributed by atoms with Crippen LogP contribution >= 0.6 is 31.9 Å². The first kappa shape index (κ1) is 21.0. The largest absolute Gasteiger partial charge is 0.416 e. The molecule has 0 aliphatic carbocycles. The van der Waals surface area contributed by atoms with Crippen LogP contribution in [0, 0.1) is 0 Å². The summed E-state index contributed by atoms with van der Waals surface area (Å²) in [5.41, 5.74) is -1.61. The van der Waals surface area contributed by atoms with Crippen LogP contribution in [0.2, 0.25) is 0 Å². The van der Waals surface area contributed by atoms with E-state index in [0.29, 0.717) is 0 Å². The van der Waals surface area contributed by atoms with Crippen molar-refractivity contribution >= 4 is 37.6 Å². The Hall–Kier alpha value is -1.35. The normalized spacial score (nSPS) is 12.3. The zero-order chi connectivity index (χ0) is 19.7. The Labute approximate surface area is 161 Å². The Balaban J connectivity index is 2.52. The molecular formula is C17H10Br2F6O. The lowest BCUT2D eigenvalue weighted by atomic mass is 9.93. The molecule has 140 valence electrons. The van der Waals surface area contributed by atoms with Crippen LogP contribution in [0.3, 0.4) is 0 Å². The second-order valence-electron chi connectivity index (χ2n) is 5.34. The van der Waals surface area contributed by atoms with Gasteiger partial charge in [-0.2, -0.15) is 26.3 Å². The van der Waals surface area contributed by atoms with Gasteiger partial charge < -0.3 is 0 Å². The van der Waals surface area contributed by atoms with Gasteiger partial charge in [0.15, 0.2) is 5.78 Å². The molecule has 0 atom stereocenters. The highest BCUT2D eigenvalue weighted by molar-refractivity contribution is 9.08. The third-order valence-electron chi connectivity index (χ3n) is 3.64. The Morgan fingerprint density at radius 3 is 1.35 bits per heavy atom. The predicted molar refractivity (Wildman–Crippen MR) is 91.6 cm³/mol. The van der Waals surface area contributed by atoms with Crippen molar-refractivity contribution in [2.24, 2.45) is 0 Å². The monoisotopic (exact) mass is 502 g/mol. The Kier molecular flexibility index (Phi) is 6.22. The highest BCUT2D eigenvalue weighted by atomic mass is 79.9. The summed E-state index contributed by atoms with van der Waals surface area (Å²) in [5.74, 6) is -0.642. The average Bonchev–Trinajstić information content (AvgIpc) is 2.58. The van der Waals surface area contributed by atoms with E-state index >= 15 is 0 Å². The maximum absolute atomic E-state index is 12.8. The van der Waals surface area contributed by atoms with E-state index in [-0.39, 0.29) is 32.9 Å². The summed E-state index contributed by atoms with van der Waals surface area (Å²) in [6.07, 6.45) is -9.12. The van der Waals surface area contributed by atoms with Crippen LogP contribution in [-0.2, 0) is 23.0 Å². The zero-order valence-electron chi connectivity index (χ0n) is 12.8. The third-order valence-corrected chi connectivity index (χ3v) is 4.85. The van der Waals surface area contributed by atoms with Crippen molar-refractivity contribution in [1.82, 2.24) is 0 Å². The molecular weight excluding hydrogens is 494 g/mol. The number of halogens is 8. The van der Waals surface area contributed by atoms with Crippen LogP contribution < -0.4 is 0 Å². The number of ketones is 1. The van der Waals surface area contributed by atoms with E-state index < -0.39 is 29.3 Å². The molecule has 0 N–H and O–H groups in total. The number of benzene rings is 2. The first-order valence-corrected chi connectivity index (χ1v) is 9.30. The van der Waals surface area contributed by atoms with E-state index in [1.807, 2.05) is 0 Å². The minimum absolute atomic E-state index is 0.00293. The van der Waals surface area contributed by atoms with Gasteiger partial charge in [-0.1, -0.05) is 44.0 Å². The number of hydrogen-bond acceptors (Lipinski definition) is 1. The second kappa shape index (κ2) is 7.72. The first-order chi connectivity index (χ1) is 12.0. The van der Waals surface area contributed by atoms with Gasteiger partial charge in [-0.25, -0.2) is 0 Å². The fourth-order valence-corrected chi connectivity index (χ4v) is 3.28. The average molecular weight is 504 g/mol. The molecule has 2 rings (SSSR count). The van der Waals surface area contributed by atoms with Crippen LogP contribution in [0.1, 0.15) is 38.2 Å². The van der Waals surface area contributed by atoms with E-state index in [2.05, 4.69) is 31.9 Å². The molecule has 0 unspecified atom stereocenters. The first-order valence-electron chi connectivity index (χ1n) is 7.06. The van der Waals surface area contributed by atoms with Gasteiger partial charge in [0, 0.05) is 21.8 Å². The molecule has 2 aromatic rings. The van der Waals surface area contributed by atoms with Crippen molar-refractivity contribution < 1.29 is 31.1 Å². The quantitative estimate of drug-likeness (QED) is 0.256. The molecule has 0 aliphatic heterocycles. The SMILES string of the molecule is O=C(c1ccc(C(F)(F)F)cc1CBr)c1ccc(C(F)(F)F)cc1CBr. The molecule has 9 heteroatoms. The summed E-state index contributed by atoms with van der Waals surface area (Å²) in [6, 6.07) is 5.32. The highest BCUT2D eigenvalue weighted by Crippen LogP contribution is 2.34. The second-order valence-corrected chi connectivity index (χ2v) is 6.46. The fraction of sp³-hybridized carbons (Fsp3) is 0.235. The van der Waals surface area contributed by atoms with Gasteiger partial charge in [0.05, 0.1) is 11.1 Å². The summed E-state index contributed by atoms with van der Waals surface area (Å²) in [7, 11) is 0. The molecule has 0 spiro atoms. The molecule has 0 aliphatic rings. The predicted octanol–water partition coefficient (Wildman–Crippen LogP) is 6.75. The van der Waals surface area contributed by atoms with E-state index in [1.165, 1.54) is 0 Å². The van der Waals surface area contributed by atoms with Gasteiger partial charge in [-0.15, -0.1) is 0 Å². The minimum atomic E-state index is -4.56. The number of carbonyl (C=O) groups is 1. The van der Waals surface area contributed by atoms with Gasteiger partial charge in [0.1, 0.15) is 0 Å². The molecule has 26 heavy (non-hydrogen) atoms. The van der Waals surface area contributed by atoms with Crippen molar-refractivity contribution in [1.29, 1.82) is 0 Å². The van der Waals surface area contributed by atoms with Gasteiger partial charge >= 0.3 is 12.4 Å². The van der Waals surface area contributed by atoms with Gasteiger partial charge in [0.2, 0.25) is 0 Å². The molecule has 0 bridgehead atoms. The molecule has 0 heterocycles. The van der Waals surface area contributed by atoms with Crippen molar-refractivity contribution in [3.63, 3.8) is 0 Å². The van der Waals surface area contributed by atoms with Crippen LogP contribution in [0.4, 0.5) is 26.3 Å². The van der Waals surface area contributed by atoms with Crippen molar-refractivity contribution in [3.8, 4) is 0 Å². The van der Waals surface area contributed by atoms with E-state index in [0.717, 1.165) is 36.4 Å². The topological polar surface area (TPSA) is 17.1 Å². The highest BCUT2D eigenvalue weighted by Gasteiger charge is 2.33. The molecule has 0 saturated heterocycles. The molecule has 2 aromatic carbocycles. The van der Waals surface area contributed by atoms with E-state index in [1.54, 1.807) is 0 Å². The number of alkyl halides is 8. The minimum Gasteiger partial charge on any atom is -0.289 e. The Bertz CT molecular complexity index is 759. The van der Waals surface area contributed by atoms with E-state index in [4.69, 9.17) is 0 Å². The number of rotatable bonds is 4. The maximum atomic E-state index is 12.8. The van der Waals surface area contributed by atoms with Crippen LogP contribution in [0.15, 0.2) is 36.4 Å². The van der Waals surface area contributed by atoms with Crippen LogP contribution in [0.25, 0.3) is 0 Å². The van der Waals surface area contributed by atoms with Crippen LogP contribution in [0.5, 0.6) is 0 Å². The molecule has 0 radical (unpaired) electrons. The third kappa shape index (κ3) is 4.49. The lowest BCUT2D eigenvalue weighted by molar-refractivity contribution is -0.138.